The molecule has 0 bridgehead atoms. The van der Waals surface area contributed by atoms with E-state index in [1.165, 1.54) is 9.80 Å². The first-order valence-electron chi connectivity index (χ1n) is 47.1. The highest BCUT2D eigenvalue weighted by atomic mass is 32.1. The minimum absolute atomic E-state index is 0.00979. The number of hydrogen-bond donors (Lipinski definition) is 6. The molecule has 6 N–H and O–H groups in total. The van der Waals surface area contributed by atoms with E-state index < -0.39 is 57.9 Å². The van der Waals surface area contributed by atoms with Crippen molar-refractivity contribution in [1.82, 2.24) is 51.7 Å². The average molecular weight is 1950 g/mol. The van der Waals surface area contributed by atoms with Crippen molar-refractivity contribution in [2.24, 2.45) is 22.7 Å². The number of rotatable bonds is 40. The molecule has 0 saturated carbocycles. The van der Waals surface area contributed by atoms with Crippen molar-refractivity contribution >= 4 is 151 Å². The number of hydrogen-bond acceptors (Lipinski definition) is 19. The number of carbonyl (C=O) groups excluding carboxylic acids is 10. The van der Waals surface area contributed by atoms with Crippen molar-refractivity contribution in [2.75, 3.05) is 85.4 Å². The third kappa shape index (κ3) is 27.3. The van der Waals surface area contributed by atoms with Crippen LogP contribution >= 0.6 is 47.1 Å². The maximum absolute atomic E-state index is 14.1. The third-order valence-electron chi connectivity index (χ3n) is 25.2. The van der Waals surface area contributed by atoms with Gasteiger partial charge in [0.15, 0.2) is 21.6 Å². The normalized spacial score (nSPS) is 17.2. The van der Waals surface area contributed by atoms with E-state index in [-0.39, 0.29) is 92.1 Å². The first-order valence-corrected chi connectivity index (χ1v) is 49.7. The fourth-order valence-corrected chi connectivity index (χ4v) is 20.1. The molecule has 0 aliphatic carbocycles. The Hall–Kier alpha value is -12.1. The smallest absolute Gasteiger partial charge is 0.259 e. The minimum Gasteiger partial charge on any atom is -0.377 e. The Labute approximate surface area is 829 Å². The second-order valence-electron chi connectivity index (χ2n) is 39.1. The number of likely N-dealkylation sites (tertiary alicyclic amines) is 2. The molecule has 10 amide bonds. The zero-order chi connectivity index (χ0) is 100. The summed E-state index contributed by atoms with van der Waals surface area (Å²) < 4.78 is 16.9. The van der Waals surface area contributed by atoms with Crippen molar-refractivity contribution in [3.63, 3.8) is 0 Å². The number of aromatic nitrogens is 2. The number of anilines is 4. The monoisotopic (exact) mass is 1950 g/mol. The fraction of sp³-hybridized carbons (Fsp3) is 0.467. The van der Waals surface area contributed by atoms with Crippen molar-refractivity contribution in [3.8, 4) is 20.9 Å². The van der Waals surface area contributed by atoms with Crippen LogP contribution in [0.1, 0.15) is 186 Å². The van der Waals surface area contributed by atoms with Crippen LogP contribution in [0.4, 0.5) is 34.1 Å². The van der Waals surface area contributed by atoms with Gasteiger partial charge in [0, 0.05) is 81.5 Å². The lowest BCUT2D eigenvalue weighted by atomic mass is 9.85. The van der Waals surface area contributed by atoms with E-state index in [0.29, 0.717) is 130 Å². The Morgan fingerprint density at radius 3 is 1.22 bits per heavy atom. The zero-order valence-electron chi connectivity index (χ0n) is 82.0. The third-order valence-corrected chi connectivity index (χ3v) is 27.8. The predicted octanol–water partition coefficient (Wildman–Crippen LogP) is 16.1. The Bertz CT molecular complexity index is 5440. The van der Waals surface area contributed by atoms with Gasteiger partial charge in [0.1, 0.15) is 48.5 Å². The molecule has 138 heavy (non-hydrogen) atoms. The van der Waals surface area contributed by atoms with Crippen molar-refractivity contribution in [3.05, 3.63) is 212 Å². The molecule has 0 radical (unpaired) electrons. The van der Waals surface area contributed by atoms with Gasteiger partial charge in [-0.05, 0) is 253 Å². The van der Waals surface area contributed by atoms with Gasteiger partial charge in [0.25, 0.3) is 11.8 Å². The molecule has 6 aromatic carbocycles. The van der Waals surface area contributed by atoms with E-state index in [9.17, 15) is 47.9 Å². The lowest BCUT2D eigenvalue weighted by Crippen LogP contribution is -2.58. The maximum atomic E-state index is 14.1. The molecule has 33 heteroatoms. The largest absolute Gasteiger partial charge is 0.377 e. The second kappa shape index (κ2) is 48.0. The minimum atomic E-state index is -0.922. The Balaban J connectivity index is 0.000000265. The first-order chi connectivity index (χ1) is 65.6. The van der Waals surface area contributed by atoms with Gasteiger partial charge in [-0.15, -0.1) is 22.7 Å². The average Bonchev–Trinajstić information content (AvgIpc) is 1.59. The number of thiazole rings is 2. The standard InChI is InChI=1S/C53H66N8O6S2.C52H64N8O7S2/c1-34-28-43(48(64)56-30-38-16-20-39(21-17-38)46-36(3)57-33-69-46)59(31-34)49(65)47(52(4,5)6)58-45(63)32-67-27-12-10-11-26-55-44(62)15-13-14-37-18-22-40(23-19-37)61-51(68)60(50(66)53(61,7)8)41-24-25-42(54-9)35(2)29-41;1-33-27-42(47(63)55-29-37-13-17-38(18-14-37)45-35(3)56-32-69-45)58(30-33)48(64)46(51(4,5)6)57-44(62)31-67-26-25-66-24-23-54-43(61)12-10-11-36-15-19-39(20-16-36)60-50(68)59(49(65)52(60,7)8)40-21-22-41(53-9)34(2)28-40/h16-25,29,33-34,43,47H,10-15,26-28,30-32H2,1-8H3,(H,55,62)(H,56,64)(H,58,63);13-22,28,32-33,42,46H,10-12,23-27,29-31H2,1-8H3,(H,54,61)(H,55,63)(H,57,62)/t34-,43+,47-;33-,42+,46-/m11/s1. The Kier molecular flexibility index (Phi) is 37.0. The number of nitrogens with one attached hydrogen (secondary N) is 6. The van der Waals surface area contributed by atoms with E-state index >= 15 is 0 Å². The van der Waals surface area contributed by atoms with E-state index in [0.717, 1.165) is 96.3 Å². The van der Waals surface area contributed by atoms with Gasteiger partial charge in [-0.3, -0.25) is 57.7 Å². The molecule has 29 nitrogen and oxygen atoms in total. The highest BCUT2D eigenvalue weighted by Crippen LogP contribution is 2.42. The number of benzene rings is 6. The molecule has 0 spiro atoms. The molecule has 4 saturated heterocycles. The lowest BCUT2D eigenvalue weighted by Gasteiger charge is -2.35. The first kappa shape index (κ1) is 106. The molecule has 4 aliphatic rings. The summed E-state index contributed by atoms with van der Waals surface area (Å²) in [6.45, 7) is 48.0. The van der Waals surface area contributed by atoms with Crippen LogP contribution in [0.3, 0.4) is 0 Å². The number of nitrogens with zero attached hydrogens (tertiary/aromatic N) is 10. The molecule has 732 valence electrons. The van der Waals surface area contributed by atoms with Crippen LogP contribution in [0.5, 0.6) is 0 Å². The van der Waals surface area contributed by atoms with E-state index in [1.54, 1.807) is 56.7 Å². The second-order valence-corrected chi connectivity index (χ2v) is 41.5. The summed E-state index contributed by atoms with van der Waals surface area (Å²) in [6.07, 6.45) is 6.81. The number of unbranched alkanes of at least 4 members (excludes halogenated alkanes) is 2. The fourth-order valence-electron chi connectivity index (χ4n) is 17.4. The van der Waals surface area contributed by atoms with Gasteiger partial charge < -0.3 is 65.7 Å². The van der Waals surface area contributed by atoms with Crippen LogP contribution in [0.2, 0.25) is 0 Å². The van der Waals surface area contributed by atoms with Crippen LogP contribution in [0.25, 0.3) is 30.6 Å². The Morgan fingerprint density at radius 1 is 0.471 bits per heavy atom. The van der Waals surface area contributed by atoms with Gasteiger partial charge in [-0.1, -0.05) is 140 Å². The van der Waals surface area contributed by atoms with Crippen LogP contribution in [-0.4, -0.2) is 190 Å². The number of carbonyl (C=O) groups is 10. The highest BCUT2D eigenvalue weighted by molar-refractivity contribution is 7.81. The van der Waals surface area contributed by atoms with Gasteiger partial charge in [-0.2, -0.15) is 0 Å². The molecule has 2 aromatic heterocycles. The molecule has 6 heterocycles. The van der Waals surface area contributed by atoms with Crippen LogP contribution in [0.15, 0.2) is 144 Å². The molecule has 0 unspecified atom stereocenters. The summed E-state index contributed by atoms with van der Waals surface area (Å²) in [5, 5.41) is 18.4. The molecule has 4 fully saturated rings. The van der Waals surface area contributed by atoms with Crippen molar-refractivity contribution in [2.45, 2.75) is 230 Å². The van der Waals surface area contributed by atoms with E-state index in [4.69, 9.17) is 51.8 Å². The van der Waals surface area contributed by atoms with Crippen molar-refractivity contribution in [1.29, 1.82) is 0 Å². The number of amides is 10. The number of ether oxygens (including phenoxy) is 3. The highest BCUT2D eigenvalue weighted by Gasteiger charge is 2.53. The van der Waals surface area contributed by atoms with Crippen LogP contribution in [-0.2, 0) is 88.1 Å². The molecular weight excluding hydrogens is 1820 g/mol. The van der Waals surface area contributed by atoms with Crippen molar-refractivity contribution < 1.29 is 62.2 Å². The molecule has 4 aliphatic heterocycles. The maximum Gasteiger partial charge on any atom is 0.259 e. The molecule has 12 rings (SSSR count). The summed E-state index contributed by atoms with van der Waals surface area (Å²) >= 11 is 14.8. The van der Waals surface area contributed by atoms with Crippen LogP contribution in [0, 0.1) is 63.5 Å². The molecule has 8 aromatic rings. The molecule has 6 atom stereocenters. The molecular formula is C105H130N16O13S4. The van der Waals surface area contributed by atoms with Gasteiger partial charge in [-0.25, -0.2) is 19.7 Å². The van der Waals surface area contributed by atoms with Gasteiger partial charge in [0.2, 0.25) is 47.3 Å². The summed E-state index contributed by atoms with van der Waals surface area (Å²) in [4.78, 5) is 162. The zero-order valence-corrected chi connectivity index (χ0v) is 85.3. The van der Waals surface area contributed by atoms with E-state index in [2.05, 4.69) is 51.6 Å². The Morgan fingerprint density at radius 2 is 0.848 bits per heavy atom. The topological polar surface area (TPSA) is 325 Å². The quantitative estimate of drug-likeness (QED) is 0.0118. The summed E-state index contributed by atoms with van der Waals surface area (Å²) in [5.41, 5.74) is 14.2. The number of aryl methyl sites for hydroxylation is 6. The summed E-state index contributed by atoms with van der Waals surface area (Å²) in [5.74, 6) is -2.02. The lowest BCUT2D eigenvalue weighted by molar-refractivity contribution is -0.144. The van der Waals surface area contributed by atoms with Gasteiger partial charge >= 0.3 is 0 Å². The number of thiocarbonyl (C=S) groups is 2. The summed E-state index contributed by atoms with van der Waals surface area (Å²) in [6, 6.07) is 39.3. The summed E-state index contributed by atoms with van der Waals surface area (Å²) in [7, 11) is 0. The SMILES string of the molecule is [C-]#[N+]c1ccc(N2C(=O)C(C)(C)N(c3ccc(CCCC(=O)NCCCCCOCC(=O)N[C@H](C(=O)N4C[C@H](C)C[C@H]4C(=O)NCc4ccc(-c5scnc5C)cc4)C(C)(C)C)cc3)C2=S)cc1C.[C-]#[N+]c1ccc(N2C(=O)C(C)(C)N(c3ccc(CCCC(=O)NCCOCCOCC(=O)N[C@H](C(=O)N4C[C@H](C)C[C@H]4C(=O)NCc4ccc(-c5scnc5C)cc4)C(C)(C)C)cc3)C2=S)cc1C. The van der Waals surface area contributed by atoms with Crippen LogP contribution < -0.4 is 51.5 Å². The van der Waals surface area contributed by atoms with Gasteiger partial charge in [0.05, 0.1) is 65.1 Å². The predicted molar refractivity (Wildman–Crippen MR) is 549 cm³/mol. The van der Waals surface area contributed by atoms with E-state index in [1.807, 2.05) is 241 Å².